The molecule has 2 aromatic carbocycles. The fraction of sp³-hybridized carbons (Fsp3) is 0.167. The highest BCUT2D eigenvalue weighted by atomic mass is 16.5. The van der Waals surface area contributed by atoms with Crippen molar-refractivity contribution in [1.82, 2.24) is 0 Å². The summed E-state index contributed by atoms with van der Waals surface area (Å²) in [6.45, 7) is 4.33. The molecule has 6 heteroatoms. The number of rotatable bonds is 2. The third-order valence-corrected chi connectivity index (χ3v) is 3.38. The molecule has 122 valence electrons. The Balaban J connectivity index is 2.40. The third kappa shape index (κ3) is 2.86. The van der Waals surface area contributed by atoms with Crippen molar-refractivity contribution in [3.63, 3.8) is 0 Å². The second kappa shape index (κ2) is 5.81. The summed E-state index contributed by atoms with van der Waals surface area (Å²) >= 11 is 0. The first-order chi connectivity index (χ1) is 11.3. The highest BCUT2D eigenvalue weighted by Gasteiger charge is 2.17. The lowest BCUT2D eigenvalue weighted by molar-refractivity contribution is -0.132. The van der Waals surface area contributed by atoms with E-state index in [1.807, 2.05) is 13.0 Å². The van der Waals surface area contributed by atoms with Gasteiger partial charge in [0, 0.05) is 26.0 Å². The molecule has 0 saturated heterocycles. The maximum Gasteiger partial charge on any atom is 0.308 e. The number of esters is 2. The average Bonchev–Trinajstić information content (AvgIpc) is 2.46. The van der Waals surface area contributed by atoms with Crippen LogP contribution >= 0.6 is 0 Å². The molecule has 0 saturated carbocycles. The Kier molecular flexibility index (Phi) is 3.81. The van der Waals surface area contributed by atoms with Crippen LogP contribution in [-0.2, 0) is 9.59 Å². The van der Waals surface area contributed by atoms with Crippen LogP contribution in [0.3, 0.4) is 0 Å². The van der Waals surface area contributed by atoms with E-state index in [9.17, 15) is 14.4 Å². The quantitative estimate of drug-likeness (QED) is 0.409. The first-order valence-electron chi connectivity index (χ1n) is 7.23. The van der Waals surface area contributed by atoms with E-state index < -0.39 is 11.9 Å². The van der Waals surface area contributed by atoms with E-state index in [0.717, 1.165) is 5.56 Å². The van der Waals surface area contributed by atoms with Crippen LogP contribution in [0, 0.1) is 6.92 Å². The zero-order valence-corrected chi connectivity index (χ0v) is 13.3. The molecule has 6 nitrogen and oxygen atoms in total. The molecule has 24 heavy (non-hydrogen) atoms. The summed E-state index contributed by atoms with van der Waals surface area (Å²) < 4.78 is 15.9. The summed E-state index contributed by atoms with van der Waals surface area (Å²) in [6.07, 6.45) is 0. The normalized spacial score (nSPS) is 10.8. The Labute approximate surface area is 136 Å². The van der Waals surface area contributed by atoms with Crippen LogP contribution in [0.4, 0.5) is 0 Å². The first-order valence-corrected chi connectivity index (χ1v) is 7.23. The maximum absolute atomic E-state index is 12.8. The predicted molar refractivity (Wildman–Crippen MR) is 87.3 cm³/mol. The maximum atomic E-state index is 12.8. The average molecular weight is 326 g/mol. The van der Waals surface area contributed by atoms with E-state index in [1.54, 1.807) is 12.1 Å². The summed E-state index contributed by atoms with van der Waals surface area (Å²) in [7, 11) is 0. The van der Waals surface area contributed by atoms with Gasteiger partial charge in [0.25, 0.3) is 0 Å². The lowest BCUT2D eigenvalue weighted by Crippen LogP contribution is -2.09. The smallest absolute Gasteiger partial charge is 0.308 e. The highest BCUT2D eigenvalue weighted by molar-refractivity contribution is 5.95. The number of carbonyl (C=O) groups excluding carboxylic acids is 2. The van der Waals surface area contributed by atoms with E-state index in [0.29, 0.717) is 11.0 Å². The van der Waals surface area contributed by atoms with E-state index in [2.05, 4.69) is 0 Å². The van der Waals surface area contributed by atoms with Gasteiger partial charge in [0.2, 0.25) is 5.43 Å². The third-order valence-electron chi connectivity index (χ3n) is 3.38. The molecule has 0 radical (unpaired) electrons. The van der Waals surface area contributed by atoms with Crippen LogP contribution in [0.5, 0.6) is 11.5 Å². The standard InChI is InChI=1S/C18H14O6/c1-9-4-5-14-13(6-9)18(21)17-15(23-11(3)20)7-12(22-10(2)19)8-16(17)24-14/h4-8H,1-3H3. The van der Waals surface area contributed by atoms with Gasteiger partial charge in [-0.2, -0.15) is 0 Å². The Hall–Kier alpha value is -3.15. The van der Waals surface area contributed by atoms with Crippen LogP contribution in [0.25, 0.3) is 21.9 Å². The molecule has 3 aromatic rings. The molecule has 0 bridgehead atoms. The second-order valence-corrected chi connectivity index (χ2v) is 5.41. The zero-order chi connectivity index (χ0) is 17.4. The topological polar surface area (TPSA) is 82.8 Å². The van der Waals surface area contributed by atoms with Crippen molar-refractivity contribution in [2.24, 2.45) is 0 Å². The van der Waals surface area contributed by atoms with Crippen LogP contribution in [0.2, 0.25) is 0 Å². The molecule has 0 fully saturated rings. The molecule has 0 unspecified atom stereocenters. The molecule has 1 aromatic heterocycles. The van der Waals surface area contributed by atoms with Gasteiger partial charge in [-0.3, -0.25) is 14.4 Å². The number of hydrogen-bond donors (Lipinski definition) is 0. The number of hydrogen-bond acceptors (Lipinski definition) is 6. The summed E-state index contributed by atoms with van der Waals surface area (Å²) in [5.74, 6) is -1.02. The largest absolute Gasteiger partial charge is 0.456 e. The van der Waals surface area contributed by atoms with E-state index in [1.165, 1.54) is 26.0 Å². The van der Waals surface area contributed by atoms with Gasteiger partial charge < -0.3 is 13.9 Å². The van der Waals surface area contributed by atoms with Crippen molar-refractivity contribution < 1.29 is 23.5 Å². The monoisotopic (exact) mass is 326 g/mol. The molecule has 0 amide bonds. The molecule has 3 rings (SSSR count). The minimum Gasteiger partial charge on any atom is -0.456 e. The van der Waals surface area contributed by atoms with Crippen LogP contribution in [-0.4, -0.2) is 11.9 Å². The van der Waals surface area contributed by atoms with Gasteiger partial charge >= 0.3 is 11.9 Å². The van der Waals surface area contributed by atoms with Crippen molar-refractivity contribution in [1.29, 1.82) is 0 Å². The van der Waals surface area contributed by atoms with Gasteiger partial charge in [-0.1, -0.05) is 11.6 Å². The molecule has 0 aliphatic carbocycles. The minimum absolute atomic E-state index is 0.00611. The summed E-state index contributed by atoms with van der Waals surface area (Å²) in [5.41, 5.74) is 1.15. The highest BCUT2D eigenvalue weighted by Crippen LogP contribution is 2.32. The molecule has 0 N–H and O–H groups in total. The molecular formula is C18H14O6. The summed E-state index contributed by atoms with van der Waals surface area (Å²) in [4.78, 5) is 35.4. The van der Waals surface area contributed by atoms with Crippen LogP contribution < -0.4 is 14.9 Å². The Bertz CT molecular complexity index is 1040. The van der Waals surface area contributed by atoms with Gasteiger partial charge in [0.15, 0.2) is 0 Å². The molecule has 0 aliphatic heterocycles. The Morgan fingerprint density at radius 2 is 1.67 bits per heavy atom. The van der Waals surface area contributed by atoms with Crippen molar-refractivity contribution >= 4 is 33.9 Å². The lowest BCUT2D eigenvalue weighted by Gasteiger charge is -2.09. The van der Waals surface area contributed by atoms with Gasteiger partial charge in [-0.15, -0.1) is 0 Å². The summed E-state index contributed by atoms with van der Waals surface area (Å²) in [6, 6.07) is 7.96. The number of carbonyl (C=O) groups is 2. The van der Waals surface area contributed by atoms with Crippen molar-refractivity contribution in [3.8, 4) is 11.5 Å². The Morgan fingerprint density at radius 3 is 2.33 bits per heavy atom. The number of aryl methyl sites for hydroxylation is 1. The van der Waals surface area contributed by atoms with Gasteiger partial charge in [0.1, 0.15) is 28.1 Å². The molecular weight excluding hydrogens is 312 g/mol. The van der Waals surface area contributed by atoms with Crippen molar-refractivity contribution in [2.45, 2.75) is 20.8 Å². The number of ether oxygens (including phenoxy) is 2. The van der Waals surface area contributed by atoms with E-state index in [4.69, 9.17) is 13.9 Å². The molecule has 0 spiro atoms. The zero-order valence-electron chi connectivity index (χ0n) is 13.3. The van der Waals surface area contributed by atoms with Crippen molar-refractivity contribution in [2.75, 3.05) is 0 Å². The fourth-order valence-electron chi connectivity index (χ4n) is 2.49. The Morgan fingerprint density at radius 1 is 0.958 bits per heavy atom. The minimum atomic E-state index is -0.597. The first kappa shape index (κ1) is 15.7. The van der Waals surface area contributed by atoms with Gasteiger partial charge in [0.05, 0.1) is 5.39 Å². The van der Waals surface area contributed by atoms with E-state index >= 15 is 0 Å². The summed E-state index contributed by atoms with van der Waals surface area (Å²) in [5, 5.41) is 0.510. The number of benzene rings is 2. The van der Waals surface area contributed by atoms with Crippen LogP contribution in [0.15, 0.2) is 39.5 Å². The molecule has 0 atom stereocenters. The second-order valence-electron chi connectivity index (χ2n) is 5.41. The van der Waals surface area contributed by atoms with E-state index in [-0.39, 0.29) is 27.9 Å². The fourth-order valence-corrected chi connectivity index (χ4v) is 2.49. The van der Waals surface area contributed by atoms with Crippen molar-refractivity contribution in [3.05, 3.63) is 46.1 Å². The number of fused-ring (bicyclic) bond motifs is 2. The van der Waals surface area contributed by atoms with Crippen LogP contribution in [0.1, 0.15) is 19.4 Å². The predicted octanol–water partition coefficient (Wildman–Crippen LogP) is 3.11. The lowest BCUT2D eigenvalue weighted by atomic mass is 10.1. The molecule has 1 heterocycles. The van der Waals surface area contributed by atoms with Gasteiger partial charge in [-0.25, -0.2) is 0 Å². The SMILES string of the molecule is CC(=O)Oc1cc(OC(C)=O)c2c(=O)c3cc(C)ccc3oc2c1. The van der Waals surface area contributed by atoms with Gasteiger partial charge in [-0.05, 0) is 19.1 Å². The molecule has 0 aliphatic rings.